The molecule has 0 aromatic carbocycles. The number of ether oxygens (including phenoxy) is 2. The molecule has 4 nitrogen and oxygen atoms in total. The number of hydrogen-bond donors (Lipinski definition) is 0. The van der Waals surface area contributed by atoms with Gasteiger partial charge in [0.15, 0.2) is 13.2 Å². The molecule has 0 unspecified atom stereocenters. The van der Waals surface area contributed by atoms with Crippen molar-refractivity contribution in [3.63, 3.8) is 0 Å². The molecule has 0 aromatic rings. The molecule has 0 fully saturated rings. The maximum Gasteiger partial charge on any atom is 0.394 e. The fourth-order valence-corrected chi connectivity index (χ4v) is 0.761. The molecule has 0 atom stereocenters. The minimum atomic E-state index is -5.08. The molecule has 0 saturated heterocycles. The van der Waals surface area contributed by atoms with Gasteiger partial charge in [0.1, 0.15) is 6.42 Å². The summed E-state index contributed by atoms with van der Waals surface area (Å²) in [7, 11) is 0. The van der Waals surface area contributed by atoms with Gasteiger partial charge in [0.2, 0.25) is 0 Å². The van der Waals surface area contributed by atoms with E-state index < -0.39 is 43.7 Å². The SMILES string of the molecule is C=CC(=O)OCC(=O)OCC(F)(F)CC(F)(F)F. The van der Waals surface area contributed by atoms with Crippen LogP contribution in [0.3, 0.4) is 0 Å². The largest absolute Gasteiger partial charge is 0.457 e. The summed E-state index contributed by atoms with van der Waals surface area (Å²) >= 11 is 0. The molecule has 0 spiro atoms. The number of halogens is 5. The molecule has 0 aliphatic carbocycles. The Kier molecular flexibility index (Phi) is 5.73. The molecule has 0 aliphatic heterocycles. The lowest BCUT2D eigenvalue weighted by molar-refractivity contribution is -0.204. The molecule has 104 valence electrons. The van der Waals surface area contributed by atoms with Crippen molar-refractivity contribution in [1.29, 1.82) is 0 Å². The topological polar surface area (TPSA) is 52.6 Å². The third kappa shape index (κ3) is 8.48. The van der Waals surface area contributed by atoms with Crippen molar-refractivity contribution in [2.75, 3.05) is 13.2 Å². The van der Waals surface area contributed by atoms with Crippen molar-refractivity contribution in [1.82, 2.24) is 0 Å². The van der Waals surface area contributed by atoms with E-state index in [0.29, 0.717) is 6.08 Å². The van der Waals surface area contributed by atoms with Crippen LogP contribution < -0.4 is 0 Å². The van der Waals surface area contributed by atoms with Gasteiger partial charge in [0.25, 0.3) is 5.92 Å². The summed E-state index contributed by atoms with van der Waals surface area (Å²) in [6.07, 6.45) is -6.77. The number of rotatable bonds is 6. The molecular formula is C9H9F5O4. The Morgan fingerprint density at radius 1 is 1.11 bits per heavy atom. The summed E-state index contributed by atoms with van der Waals surface area (Å²) in [5.74, 6) is -6.60. The predicted octanol–water partition coefficient (Wildman–Crippen LogP) is 1.85. The van der Waals surface area contributed by atoms with Crippen LogP contribution in [-0.4, -0.2) is 37.3 Å². The van der Waals surface area contributed by atoms with E-state index in [1.165, 1.54) is 0 Å². The van der Waals surface area contributed by atoms with Crippen LogP contribution in [0.15, 0.2) is 12.7 Å². The maximum atomic E-state index is 12.6. The Bertz CT molecular complexity index is 323. The Morgan fingerprint density at radius 3 is 2.11 bits per heavy atom. The normalized spacial score (nSPS) is 11.8. The van der Waals surface area contributed by atoms with Gasteiger partial charge >= 0.3 is 18.1 Å². The molecule has 18 heavy (non-hydrogen) atoms. The van der Waals surface area contributed by atoms with Crippen LogP contribution in [0, 0.1) is 0 Å². The second kappa shape index (κ2) is 6.31. The lowest BCUT2D eigenvalue weighted by Gasteiger charge is -2.17. The molecule has 0 amide bonds. The number of carbonyl (C=O) groups is 2. The van der Waals surface area contributed by atoms with Gasteiger partial charge < -0.3 is 9.47 Å². The Hall–Kier alpha value is -1.67. The van der Waals surface area contributed by atoms with Gasteiger partial charge in [-0.3, -0.25) is 0 Å². The fourth-order valence-electron chi connectivity index (χ4n) is 0.761. The second-order valence-electron chi connectivity index (χ2n) is 3.12. The first kappa shape index (κ1) is 16.3. The first-order valence-electron chi connectivity index (χ1n) is 4.45. The lowest BCUT2D eigenvalue weighted by atomic mass is 10.2. The van der Waals surface area contributed by atoms with Crippen molar-refractivity contribution in [2.24, 2.45) is 0 Å². The predicted molar refractivity (Wildman–Crippen MR) is 47.7 cm³/mol. The minimum absolute atomic E-state index is 0.714. The fraction of sp³-hybridized carbons (Fsp3) is 0.556. The van der Waals surface area contributed by atoms with Crippen LogP contribution >= 0.6 is 0 Å². The first-order chi connectivity index (χ1) is 8.06. The smallest absolute Gasteiger partial charge is 0.394 e. The highest BCUT2D eigenvalue weighted by atomic mass is 19.4. The quantitative estimate of drug-likeness (QED) is 0.422. The Labute approximate surface area is 98.3 Å². The first-order valence-corrected chi connectivity index (χ1v) is 4.45. The zero-order valence-electron chi connectivity index (χ0n) is 8.93. The van der Waals surface area contributed by atoms with E-state index in [4.69, 9.17) is 0 Å². The number of alkyl halides is 5. The molecule has 0 rings (SSSR count). The monoisotopic (exact) mass is 276 g/mol. The highest BCUT2D eigenvalue weighted by molar-refractivity contribution is 5.83. The van der Waals surface area contributed by atoms with Gasteiger partial charge in [-0.25, -0.2) is 18.4 Å². The zero-order chi connectivity index (χ0) is 14.4. The van der Waals surface area contributed by atoms with E-state index in [0.717, 1.165) is 0 Å². The molecule has 0 saturated carbocycles. The highest BCUT2D eigenvalue weighted by Gasteiger charge is 2.44. The third-order valence-corrected chi connectivity index (χ3v) is 1.40. The molecule has 0 aromatic heterocycles. The molecule has 0 bridgehead atoms. The average molecular weight is 276 g/mol. The van der Waals surface area contributed by atoms with E-state index in [-0.39, 0.29) is 0 Å². The number of esters is 2. The second-order valence-corrected chi connectivity index (χ2v) is 3.12. The Balaban J connectivity index is 4.04. The lowest BCUT2D eigenvalue weighted by Crippen LogP contribution is -2.32. The van der Waals surface area contributed by atoms with Gasteiger partial charge in [0.05, 0.1) is 0 Å². The third-order valence-electron chi connectivity index (χ3n) is 1.40. The molecule has 0 N–H and O–H groups in total. The van der Waals surface area contributed by atoms with Crippen LogP contribution in [0.4, 0.5) is 22.0 Å². The average Bonchev–Trinajstić information content (AvgIpc) is 2.19. The highest BCUT2D eigenvalue weighted by Crippen LogP contribution is 2.31. The van der Waals surface area contributed by atoms with Crippen LogP contribution in [0.25, 0.3) is 0 Å². The van der Waals surface area contributed by atoms with Gasteiger partial charge in [-0.15, -0.1) is 0 Å². The standard InChI is InChI=1S/C9H9F5O4/c1-2-6(15)17-3-7(16)18-5-8(10,11)4-9(12,13)14/h2H,1,3-5H2. The van der Waals surface area contributed by atoms with E-state index in [2.05, 4.69) is 16.1 Å². The van der Waals surface area contributed by atoms with Crippen LogP contribution in [-0.2, 0) is 19.1 Å². The van der Waals surface area contributed by atoms with Crippen molar-refractivity contribution in [3.05, 3.63) is 12.7 Å². The minimum Gasteiger partial charge on any atom is -0.457 e. The van der Waals surface area contributed by atoms with Crippen molar-refractivity contribution >= 4 is 11.9 Å². The molecule has 0 heterocycles. The molecular weight excluding hydrogens is 267 g/mol. The van der Waals surface area contributed by atoms with Crippen molar-refractivity contribution in [3.8, 4) is 0 Å². The van der Waals surface area contributed by atoms with E-state index in [1.807, 2.05) is 0 Å². The van der Waals surface area contributed by atoms with Gasteiger partial charge in [-0.05, 0) is 0 Å². The van der Waals surface area contributed by atoms with Crippen LogP contribution in [0.2, 0.25) is 0 Å². The van der Waals surface area contributed by atoms with Gasteiger partial charge in [0, 0.05) is 6.08 Å². The number of hydrogen-bond acceptors (Lipinski definition) is 4. The summed E-state index contributed by atoms with van der Waals surface area (Å²) < 4.78 is 68.2. The van der Waals surface area contributed by atoms with Crippen molar-refractivity contribution < 1.29 is 41.0 Å². The summed E-state index contributed by atoms with van der Waals surface area (Å²) in [5, 5.41) is 0. The summed E-state index contributed by atoms with van der Waals surface area (Å²) in [6.45, 7) is 0.274. The maximum absolute atomic E-state index is 12.6. The van der Waals surface area contributed by atoms with Gasteiger partial charge in [-0.2, -0.15) is 13.2 Å². The van der Waals surface area contributed by atoms with E-state index >= 15 is 0 Å². The van der Waals surface area contributed by atoms with Crippen LogP contribution in [0.1, 0.15) is 6.42 Å². The molecule has 0 aliphatic rings. The summed E-state index contributed by atoms with van der Waals surface area (Å²) in [5.41, 5.74) is 0. The summed E-state index contributed by atoms with van der Waals surface area (Å²) in [6, 6.07) is 0. The van der Waals surface area contributed by atoms with E-state index in [1.54, 1.807) is 0 Å². The zero-order valence-corrected chi connectivity index (χ0v) is 8.93. The van der Waals surface area contributed by atoms with Gasteiger partial charge in [-0.1, -0.05) is 6.58 Å². The van der Waals surface area contributed by atoms with E-state index in [9.17, 15) is 31.5 Å². The molecule has 9 heteroatoms. The summed E-state index contributed by atoms with van der Waals surface area (Å²) in [4.78, 5) is 21.2. The van der Waals surface area contributed by atoms with Crippen molar-refractivity contribution in [2.45, 2.75) is 18.5 Å². The Morgan fingerprint density at radius 2 is 1.67 bits per heavy atom. The molecule has 0 radical (unpaired) electrons. The number of carbonyl (C=O) groups excluding carboxylic acids is 2. The van der Waals surface area contributed by atoms with Crippen LogP contribution in [0.5, 0.6) is 0 Å².